The molecule has 1 heterocycles. The molecular weight excluding hydrogens is 322 g/mol. The van der Waals surface area contributed by atoms with E-state index >= 15 is 0 Å². The number of aromatic nitrogens is 1. The van der Waals surface area contributed by atoms with Crippen LogP contribution in [0, 0.1) is 0 Å². The minimum Gasteiger partial charge on any atom is -0.314 e. The van der Waals surface area contributed by atoms with Crippen LogP contribution in [0.2, 0.25) is 0 Å². The first-order chi connectivity index (χ1) is 9.17. The van der Waals surface area contributed by atoms with Crippen LogP contribution in [-0.2, 0) is 19.6 Å². The summed E-state index contributed by atoms with van der Waals surface area (Å²) < 4.78 is 1.13. The third kappa shape index (κ3) is 4.69. The van der Waals surface area contributed by atoms with Gasteiger partial charge in [-0.25, -0.2) is 4.98 Å². The second-order valence-electron chi connectivity index (χ2n) is 4.57. The molecule has 19 heavy (non-hydrogen) atoms. The topological polar surface area (TPSA) is 28.2 Å². The van der Waals surface area contributed by atoms with E-state index in [4.69, 9.17) is 0 Å². The van der Waals surface area contributed by atoms with Crippen molar-refractivity contribution in [1.82, 2.24) is 15.2 Å². The molecular formula is C14H18BrN3S. The fraction of sp³-hybridized carbons (Fsp3) is 0.357. The van der Waals surface area contributed by atoms with Crippen molar-refractivity contribution in [2.45, 2.75) is 19.6 Å². The molecule has 0 aliphatic carbocycles. The van der Waals surface area contributed by atoms with Gasteiger partial charge in [-0.05, 0) is 31.8 Å². The summed E-state index contributed by atoms with van der Waals surface area (Å²) >= 11 is 5.22. The number of thiazole rings is 1. The second-order valence-corrected chi connectivity index (χ2v) is 6.42. The molecule has 2 aromatic rings. The molecule has 0 fully saturated rings. The van der Waals surface area contributed by atoms with Gasteiger partial charge in [0.2, 0.25) is 0 Å². The van der Waals surface area contributed by atoms with E-state index in [-0.39, 0.29) is 0 Å². The van der Waals surface area contributed by atoms with E-state index < -0.39 is 0 Å². The van der Waals surface area contributed by atoms with Crippen LogP contribution in [0.1, 0.15) is 16.3 Å². The maximum Gasteiger partial charge on any atom is 0.107 e. The lowest BCUT2D eigenvalue weighted by Crippen LogP contribution is -2.17. The van der Waals surface area contributed by atoms with Crippen molar-refractivity contribution in [3.8, 4) is 0 Å². The molecule has 0 radical (unpaired) electrons. The summed E-state index contributed by atoms with van der Waals surface area (Å²) in [6.07, 6.45) is 0. The Balaban J connectivity index is 1.91. The normalized spacial score (nSPS) is 11.2. The number of nitrogens with one attached hydrogen (secondary N) is 1. The number of hydrogen-bond donors (Lipinski definition) is 1. The Morgan fingerprint density at radius 3 is 2.95 bits per heavy atom. The number of rotatable bonds is 6. The smallest absolute Gasteiger partial charge is 0.107 e. The zero-order chi connectivity index (χ0) is 13.7. The van der Waals surface area contributed by atoms with Crippen molar-refractivity contribution in [2.75, 3.05) is 14.1 Å². The maximum absolute atomic E-state index is 4.60. The van der Waals surface area contributed by atoms with Gasteiger partial charge in [0.1, 0.15) is 5.01 Å². The summed E-state index contributed by atoms with van der Waals surface area (Å²) in [5.41, 5.74) is 2.45. The number of halogens is 1. The zero-order valence-electron chi connectivity index (χ0n) is 11.2. The van der Waals surface area contributed by atoms with Crippen molar-refractivity contribution in [2.24, 2.45) is 0 Å². The molecule has 0 spiro atoms. The van der Waals surface area contributed by atoms with Gasteiger partial charge in [0.15, 0.2) is 0 Å². The van der Waals surface area contributed by atoms with E-state index in [1.807, 2.05) is 13.1 Å². The molecule has 0 atom stereocenters. The van der Waals surface area contributed by atoms with Gasteiger partial charge in [-0.3, -0.25) is 4.90 Å². The molecule has 1 N–H and O–H groups in total. The van der Waals surface area contributed by atoms with E-state index in [0.29, 0.717) is 0 Å². The molecule has 0 aliphatic rings. The van der Waals surface area contributed by atoms with Crippen LogP contribution in [0.15, 0.2) is 34.1 Å². The Bertz CT molecular complexity index is 527. The van der Waals surface area contributed by atoms with Gasteiger partial charge < -0.3 is 5.32 Å². The minimum atomic E-state index is 0.847. The van der Waals surface area contributed by atoms with Crippen molar-refractivity contribution in [3.05, 3.63) is 50.4 Å². The molecule has 0 bridgehead atoms. The van der Waals surface area contributed by atoms with Gasteiger partial charge in [-0.15, -0.1) is 11.3 Å². The Morgan fingerprint density at radius 1 is 1.37 bits per heavy atom. The Hall–Kier alpha value is -0.750. The fourth-order valence-corrected chi connectivity index (χ4v) is 3.18. The first-order valence-electron chi connectivity index (χ1n) is 6.18. The lowest BCUT2D eigenvalue weighted by atomic mass is 10.2. The van der Waals surface area contributed by atoms with E-state index in [2.05, 4.69) is 61.8 Å². The minimum absolute atomic E-state index is 0.847. The van der Waals surface area contributed by atoms with Crippen LogP contribution < -0.4 is 5.32 Å². The molecule has 102 valence electrons. The monoisotopic (exact) mass is 339 g/mol. The Labute approximate surface area is 126 Å². The Kier molecular flexibility index (Phi) is 5.51. The maximum atomic E-state index is 4.60. The fourth-order valence-electron chi connectivity index (χ4n) is 1.93. The molecule has 0 aliphatic heterocycles. The molecule has 2 rings (SSSR count). The van der Waals surface area contributed by atoms with Crippen LogP contribution in [0.25, 0.3) is 0 Å². The van der Waals surface area contributed by atoms with E-state index in [0.717, 1.165) is 34.8 Å². The predicted octanol–water partition coefficient (Wildman–Crippen LogP) is 3.26. The Morgan fingerprint density at radius 2 is 2.21 bits per heavy atom. The van der Waals surface area contributed by atoms with Crippen molar-refractivity contribution in [1.29, 1.82) is 0 Å². The summed E-state index contributed by atoms with van der Waals surface area (Å²) in [4.78, 5) is 6.88. The SMILES string of the molecule is CNCc1nc(CN(C)Cc2cccc(Br)c2)cs1. The zero-order valence-corrected chi connectivity index (χ0v) is 13.6. The van der Waals surface area contributed by atoms with Crippen molar-refractivity contribution < 1.29 is 0 Å². The first kappa shape index (κ1) is 14.7. The van der Waals surface area contributed by atoms with Gasteiger partial charge in [-0.2, -0.15) is 0 Å². The van der Waals surface area contributed by atoms with Crippen LogP contribution in [0.5, 0.6) is 0 Å². The van der Waals surface area contributed by atoms with Crippen molar-refractivity contribution in [3.63, 3.8) is 0 Å². The van der Waals surface area contributed by atoms with Gasteiger partial charge in [0.25, 0.3) is 0 Å². The highest BCUT2D eigenvalue weighted by molar-refractivity contribution is 9.10. The number of nitrogens with zero attached hydrogens (tertiary/aromatic N) is 2. The first-order valence-corrected chi connectivity index (χ1v) is 7.85. The molecule has 1 aromatic heterocycles. The quantitative estimate of drug-likeness (QED) is 0.875. The van der Waals surface area contributed by atoms with Crippen LogP contribution in [0.3, 0.4) is 0 Å². The molecule has 0 saturated carbocycles. The average Bonchev–Trinajstić information content (AvgIpc) is 2.77. The molecule has 1 aromatic carbocycles. The summed E-state index contributed by atoms with van der Waals surface area (Å²) in [7, 11) is 4.07. The summed E-state index contributed by atoms with van der Waals surface area (Å²) in [5.74, 6) is 0. The van der Waals surface area contributed by atoms with E-state index in [1.165, 1.54) is 5.56 Å². The number of hydrogen-bond acceptors (Lipinski definition) is 4. The van der Waals surface area contributed by atoms with Crippen LogP contribution >= 0.6 is 27.3 Å². The highest BCUT2D eigenvalue weighted by Crippen LogP contribution is 2.15. The summed E-state index contributed by atoms with van der Waals surface area (Å²) in [6, 6.07) is 8.42. The van der Waals surface area contributed by atoms with Gasteiger partial charge in [0.05, 0.1) is 5.69 Å². The molecule has 0 amide bonds. The van der Waals surface area contributed by atoms with Crippen LogP contribution in [0.4, 0.5) is 0 Å². The van der Waals surface area contributed by atoms with Crippen molar-refractivity contribution >= 4 is 27.3 Å². The highest BCUT2D eigenvalue weighted by Gasteiger charge is 2.06. The largest absolute Gasteiger partial charge is 0.314 e. The molecule has 0 saturated heterocycles. The standard InChI is InChI=1S/C14H18BrN3S/c1-16-7-14-17-13(10-19-14)9-18(2)8-11-4-3-5-12(15)6-11/h3-6,10,16H,7-9H2,1-2H3. The lowest BCUT2D eigenvalue weighted by Gasteiger charge is -2.15. The summed E-state index contributed by atoms with van der Waals surface area (Å²) in [6.45, 7) is 2.66. The lowest BCUT2D eigenvalue weighted by molar-refractivity contribution is 0.315. The van der Waals surface area contributed by atoms with Gasteiger partial charge >= 0.3 is 0 Å². The third-order valence-corrected chi connectivity index (χ3v) is 4.09. The van der Waals surface area contributed by atoms with E-state index in [9.17, 15) is 0 Å². The second kappa shape index (κ2) is 7.14. The average molecular weight is 340 g/mol. The molecule has 5 heteroatoms. The predicted molar refractivity (Wildman–Crippen MR) is 84.2 cm³/mol. The van der Waals surface area contributed by atoms with Gasteiger partial charge in [0, 0.05) is 29.5 Å². The van der Waals surface area contributed by atoms with E-state index in [1.54, 1.807) is 11.3 Å². The third-order valence-electron chi connectivity index (χ3n) is 2.70. The molecule has 0 unspecified atom stereocenters. The molecule has 3 nitrogen and oxygen atoms in total. The summed E-state index contributed by atoms with van der Waals surface area (Å²) in [5, 5.41) is 6.42. The van der Waals surface area contributed by atoms with Gasteiger partial charge in [-0.1, -0.05) is 28.1 Å². The number of benzene rings is 1. The van der Waals surface area contributed by atoms with Crippen LogP contribution in [-0.4, -0.2) is 24.0 Å². The highest BCUT2D eigenvalue weighted by atomic mass is 79.9.